The minimum Gasteiger partial charge on any atom is -0.454 e. The summed E-state index contributed by atoms with van der Waals surface area (Å²) in [7, 11) is -3.62. The third kappa shape index (κ3) is 2.67. The molecule has 110 valence electrons. The maximum absolute atomic E-state index is 12.5. The van der Waals surface area contributed by atoms with E-state index < -0.39 is 10.0 Å². The Labute approximate surface area is 123 Å². The zero-order valence-electron chi connectivity index (χ0n) is 11.7. The highest BCUT2D eigenvalue weighted by Crippen LogP contribution is 2.35. The molecule has 3 rings (SSSR count). The predicted molar refractivity (Wildman–Crippen MR) is 79.3 cm³/mol. The van der Waals surface area contributed by atoms with Gasteiger partial charge in [-0.1, -0.05) is 17.7 Å². The van der Waals surface area contributed by atoms with Gasteiger partial charge < -0.3 is 9.47 Å². The second kappa shape index (κ2) is 4.96. The summed E-state index contributed by atoms with van der Waals surface area (Å²) >= 11 is 0. The first-order valence-electron chi connectivity index (χ1n) is 6.45. The fourth-order valence-electron chi connectivity index (χ4n) is 2.27. The Bertz CT molecular complexity index is 799. The van der Waals surface area contributed by atoms with Gasteiger partial charge in [0.05, 0.1) is 10.6 Å². The number of nitrogens with one attached hydrogen (secondary N) is 1. The lowest BCUT2D eigenvalue weighted by molar-refractivity contribution is 0.174. The first-order chi connectivity index (χ1) is 9.95. The van der Waals surface area contributed by atoms with Gasteiger partial charge in [-0.2, -0.15) is 0 Å². The van der Waals surface area contributed by atoms with Crippen molar-refractivity contribution in [3.8, 4) is 11.5 Å². The van der Waals surface area contributed by atoms with Gasteiger partial charge in [-0.15, -0.1) is 0 Å². The van der Waals surface area contributed by atoms with Crippen LogP contribution in [-0.2, 0) is 10.0 Å². The Morgan fingerprint density at radius 3 is 2.52 bits per heavy atom. The molecule has 0 fully saturated rings. The molecule has 0 radical (unpaired) electrons. The summed E-state index contributed by atoms with van der Waals surface area (Å²) in [6, 6.07) is 10.2. The number of benzene rings is 2. The second-order valence-corrected chi connectivity index (χ2v) is 6.59. The Hall–Kier alpha value is -2.21. The van der Waals surface area contributed by atoms with Crippen LogP contribution in [0.3, 0.4) is 0 Å². The highest BCUT2D eigenvalue weighted by atomic mass is 32.2. The molecule has 0 bridgehead atoms. The summed E-state index contributed by atoms with van der Waals surface area (Å²) < 4.78 is 37.9. The average Bonchev–Trinajstić information content (AvgIpc) is 2.85. The van der Waals surface area contributed by atoms with Crippen LogP contribution in [0.25, 0.3) is 0 Å². The fraction of sp³-hybridized carbons (Fsp3) is 0.200. The van der Waals surface area contributed by atoms with E-state index >= 15 is 0 Å². The number of ether oxygens (including phenoxy) is 2. The molecule has 0 spiro atoms. The summed E-state index contributed by atoms with van der Waals surface area (Å²) in [5, 5.41) is 0. The fourth-order valence-corrected chi connectivity index (χ4v) is 3.55. The lowest BCUT2D eigenvalue weighted by Crippen LogP contribution is -2.14. The van der Waals surface area contributed by atoms with Crippen molar-refractivity contribution >= 4 is 15.7 Å². The van der Waals surface area contributed by atoms with Crippen LogP contribution in [0.4, 0.5) is 5.69 Å². The number of rotatable bonds is 3. The molecule has 0 aromatic heterocycles. The molecule has 1 heterocycles. The molecule has 5 nitrogen and oxygen atoms in total. The largest absolute Gasteiger partial charge is 0.454 e. The van der Waals surface area contributed by atoms with Crippen molar-refractivity contribution in [2.24, 2.45) is 0 Å². The molecular formula is C15H15NO4S. The number of sulfonamides is 1. The van der Waals surface area contributed by atoms with E-state index in [4.69, 9.17) is 9.47 Å². The van der Waals surface area contributed by atoms with Gasteiger partial charge in [0, 0.05) is 6.07 Å². The van der Waals surface area contributed by atoms with E-state index in [9.17, 15) is 8.42 Å². The van der Waals surface area contributed by atoms with Crippen molar-refractivity contribution in [2.75, 3.05) is 11.5 Å². The molecule has 1 aliphatic rings. The number of hydrogen-bond donors (Lipinski definition) is 1. The topological polar surface area (TPSA) is 64.6 Å². The Kier molecular flexibility index (Phi) is 3.25. The molecular weight excluding hydrogens is 290 g/mol. The van der Waals surface area contributed by atoms with Crippen LogP contribution in [0, 0.1) is 13.8 Å². The van der Waals surface area contributed by atoms with Gasteiger partial charge in [-0.25, -0.2) is 8.42 Å². The van der Waals surface area contributed by atoms with Gasteiger partial charge in [-0.3, -0.25) is 4.72 Å². The Balaban J connectivity index is 1.92. The maximum Gasteiger partial charge on any atom is 0.262 e. The first kappa shape index (κ1) is 13.8. The molecule has 2 aromatic rings. The SMILES string of the molecule is Cc1ccc(S(=O)(=O)Nc2ccc3c(c2)OCO3)c(C)c1. The van der Waals surface area contributed by atoms with Gasteiger partial charge in [0.25, 0.3) is 10.0 Å². The molecule has 0 aliphatic carbocycles. The van der Waals surface area contributed by atoms with Crippen molar-refractivity contribution in [1.29, 1.82) is 0 Å². The molecule has 0 saturated heterocycles. The lowest BCUT2D eigenvalue weighted by Gasteiger charge is -2.11. The Morgan fingerprint density at radius 1 is 1.00 bits per heavy atom. The molecule has 21 heavy (non-hydrogen) atoms. The second-order valence-electron chi connectivity index (χ2n) is 4.94. The van der Waals surface area contributed by atoms with E-state index in [-0.39, 0.29) is 11.7 Å². The minimum atomic E-state index is -3.62. The van der Waals surface area contributed by atoms with Crippen LogP contribution in [0.5, 0.6) is 11.5 Å². The van der Waals surface area contributed by atoms with Gasteiger partial charge in [-0.05, 0) is 37.6 Å². The standard InChI is InChI=1S/C15H15NO4S/c1-10-3-6-15(11(2)7-10)21(17,18)16-12-4-5-13-14(8-12)20-9-19-13/h3-8,16H,9H2,1-2H3. The van der Waals surface area contributed by atoms with Crippen LogP contribution in [-0.4, -0.2) is 15.2 Å². The highest BCUT2D eigenvalue weighted by molar-refractivity contribution is 7.92. The smallest absolute Gasteiger partial charge is 0.262 e. The van der Waals surface area contributed by atoms with Crippen LogP contribution < -0.4 is 14.2 Å². The first-order valence-corrected chi connectivity index (χ1v) is 7.94. The summed E-state index contributed by atoms with van der Waals surface area (Å²) in [5.41, 5.74) is 2.18. The third-order valence-electron chi connectivity index (χ3n) is 3.24. The van der Waals surface area contributed by atoms with E-state index in [0.717, 1.165) is 5.56 Å². The van der Waals surface area contributed by atoms with E-state index in [1.165, 1.54) is 0 Å². The van der Waals surface area contributed by atoms with Crippen molar-refractivity contribution < 1.29 is 17.9 Å². The summed E-state index contributed by atoms with van der Waals surface area (Å²) in [4.78, 5) is 0.269. The average molecular weight is 305 g/mol. The number of fused-ring (bicyclic) bond motifs is 1. The molecule has 1 aliphatic heterocycles. The van der Waals surface area contributed by atoms with Crippen molar-refractivity contribution in [1.82, 2.24) is 0 Å². The van der Waals surface area contributed by atoms with Crippen molar-refractivity contribution in [2.45, 2.75) is 18.7 Å². The predicted octanol–water partition coefficient (Wildman–Crippen LogP) is 2.83. The van der Waals surface area contributed by atoms with Gasteiger partial charge in [0.1, 0.15) is 0 Å². The van der Waals surface area contributed by atoms with Gasteiger partial charge in [0.2, 0.25) is 6.79 Å². The highest BCUT2D eigenvalue weighted by Gasteiger charge is 2.19. The maximum atomic E-state index is 12.5. The quantitative estimate of drug-likeness (QED) is 0.947. The number of hydrogen-bond acceptors (Lipinski definition) is 4. The van der Waals surface area contributed by atoms with Crippen molar-refractivity contribution in [3.05, 3.63) is 47.5 Å². The number of aryl methyl sites for hydroxylation is 2. The zero-order chi connectivity index (χ0) is 15.0. The molecule has 1 N–H and O–H groups in total. The third-order valence-corrected chi connectivity index (χ3v) is 4.79. The summed E-state index contributed by atoms with van der Waals surface area (Å²) in [6.45, 7) is 3.86. The summed E-state index contributed by atoms with van der Waals surface area (Å²) in [6.07, 6.45) is 0. The minimum absolute atomic E-state index is 0.155. The van der Waals surface area contributed by atoms with E-state index in [2.05, 4.69) is 4.72 Å². The molecule has 0 saturated carbocycles. The Morgan fingerprint density at radius 2 is 1.76 bits per heavy atom. The summed E-state index contributed by atoms with van der Waals surface area (Å²) in [5.74, 6) is 1.15. The molecule has 2 aromatic carbocycles. The van der Waals surface area contributed by atoms with E-state index in [1.54, 1.807) is 37.3 Å². The molecule has 6 heteroatoms. The van der Waals surface area contributed by atoms with E-state index in [0.29, 0.717) is 22.7 Å². The van der Waals surface area contributed by atoms with Gasteiger partial charge in [0.15, 0.2) is 11.5 Å². The van der Waals surface area contributed by atoms with Crippen LogP contribution in [0.15, 0.2) is 41.3 Å². The van der Waals surface area contributed by atoms with Crippen LogP contribution in [0.1, 0.15) is 11.1 Å². The molecule has 0 atom stereocenters. The molecule has 0 unspecified atom stereocenters. The number of anilines is 1. The molecule has 0 amide bonds. The normalized spacial score (nSPS) is 13.2. The zero-order valence-corrected chi connectivity index (χ0v) is 12.5. The van der Waals surface area contributed by atoms with E-state index in [1.807, 2.05) is 13.0 Å². The van der Waals surface area contributed by atoms with Crippen molar-refractivity contribution in [3.63, 3.8) is 0 Å². The monoisotopic (exact) mass is 305 g/mol. The van der Waals surface area contributed by atoms with Crippen LogP contribution in [0.2, 0.25) is 0 Å². The lowest BCUT2D eigenvalue weighted by atomic mass is 10.2. The van der Waals surface area contributed by atoms with Gasteiger partial charge >= 0.3 is 0 Å². The van der Waals surface area contributed by atoms with Crippen LogP contribution >= 0.6 is 0 Å².